The smallest absolute Gasteiger partial charge is 0.330 e. The maximum absolute atomic E-state index is 11.9. The minimum Gasteiger partial charge on any atom is -0.394 e. The molecule has 1 aromatic heterocycles. The van der Waals surface area contributed by atoms with Crippen molar-refractivity contribution in [2.45, 2.75) is 37.7 Å². The first kappa shape index (κ1) is 14.6. The number of hydrogen-bond acceptors (Lipinski definition) is 6. The number of nitrogens with zero attached hydrogens (tertiary/aromatic N) is 1. The standard InChI is InChI=1S/C12H16N2O6/c1-7(16)4-12(5-8(17)9(6-15)20-12)14-3-2-10(18)13-11(14)19/h2-3,8-9,15,17H,4-6H2,1H3,(H,13,18,19)/t8-,9+,12+/m0/s1. The summed E-state index contributed by atoms with van der Waals surface area (Å²) in [5.74, 6) is -0.242. The van der Waals surface area contributed by atoms with Crippen LogP contribution in [0.25, 0.3) is 0 Å². The first-order chi connectivity index (χ1) is 9.38. The van der Waals surface area contributed by atoms with Gasteiger partial charge in [0.05, 0.1) is 19.1 Å². The van der Waals surface area contributed by atoms with Gasteiger partial charge in [-0.25, -0.2) is 4.79 Å². The van der Waals surface area contributed by atoms with Gasteiger partial charge in [0, 0.05) is 18.7 Å². The minimum atomic E-state index is -1.39. The van der Waals surface area contributed by atoms with Crippen LogP contribution in [0.15, 0.2) is 21.9 Å². The molecule has 0 amide bonds. The predicted octanol–water partition coefficient (Wildman–Crippen LogP) is -1.69. The SMILES string of the molecule is CC(=O)C[C@]1(n2ccc(=O)[nH]c2=O)C[C@H](O)[C@@H](CO)O1. The Labute approximate surface area is 113 Å². The highest BCUT2D eigenvalue weighted by atomic mass is 16.6. The number of H-pyrrole nitrogens is 1. The number of aliphatic hydroxyl groups excluding tert-OH is 2. The third-order valence-corrected chi connectivity index (χ3v) is 3.30. The Hall–Kier alpha value is -1.77. The van der Waals surface area contributed by atoms with E-state index in [0.717, 1.165) is 10.6 Å². The normalized spacial score (nSPS) is 29.6. The second kappa shape index (κ2) is 5.31. The van der Waals surface area contributed by atoms with Gasteiger partial charge < -0.3 is 14.9 Å². The molecule has 0 aliphatic carbocycles. The molecule has 3 N–H and O–H groups in total. The van der Waals surface area contributed by atoms with Crippen LogP contribution in [0, 0.1) is 0 Å². The Morgan fingerprint density at radius 2 is 2.30 bits per heavy atom. The monoisotopic (exact) mass is 284 g/mol. The molecule has 2 heterocycles. The summed E-state index contributed by atoms with van der Waals surface area (Å²) >= 11 is 0. The van der Waals surface area contributed by atoms with Crippen LogP contribution in [0.2, 0.25) is 0 Å². The number of hydrogen-bond donors (Lipinski definition) is 3. The van der Waals surface area contributed by atoms with Gasteiger partial charge in [0.1, 0.15) is 11.9 Å². The number of nitrogens with one attached hydrogen (secondary N) is 1. The van der Waals surface area contributed by atoms with E-state index in [2.05, 4.69) is 4.98 Å². The van der Waals surface area contributed by atoms with E-state index in [4.69, 9.17) is 9.84 Å². The van der Waals surface area contributed by atoms with E-state index < -0.39 is 35.8 Å². The Morgan fingerprint density at radius 1 is 1.60 bits per heavy atom. The van der Waals surface area contributed by atoms with Crippen molar-refractivity contribution in [2.24, 2.45) is 0 Å². The largest absolute Gasteiger partial charge is 0.394 e. The van der Waals surface area contributed by atoms with Gasteiger partial charge in [-0.1, -0.05) is 0 Å². The lowest BCUT2D eigenvalue weighted by Crippen LogP contribution is -2.45. The molecule has 0 spiro atoms. The Balaban J connectivity index is 2.51. The van der Waals surface area contributed by atoms with E-state index in [1.807, 2.05) is 0 Å². The van der Waals surface area contributed by atoms with E-state index >= 15 is 0 Å². The number of carbonyl (C=O) groups is 1. The molecule has 8 heteroatoms. The number of rotatable bonds is 4. The van der Waals surface area contributed by atoms with Crippen LogP contribution < -0.4 is 11.2 Å². The summed E-state index contributed by atoms with van der Waals surface area (Å²) in [6.07, 6.45) is -0.835. The summed E-state index contributed by atoms with van der Waals surface area (Å²) in [7, 11) is 0. The molecule has 0 unspecified atom stereocenters. The summed E-state index contributed by atoms with van der Waals surface area (Å²) in [5.41, 5.74) is -2.69. The lowest BCUT2D eigenvalue weighted by molar-refractivity contribution is -0.142. The summed E-state index contributed by atoms with van der Waals surface area (Å²) in [6, 6.07) is 1.13. The summed E-state index contributed by atoms with van der Waals surface area (Å²) in [4.78, 5) is 36.5. The third kappa shape index (κ3) is 2.58. The number of aliphatic hydroxyl groups is 2. The van der Waals surface area contributed by atoms with Gasteiger partial charge in [-0.05, 0) is 6.92 Å². The van der Waals surface area contributed by atoms with Crippen molar-refractivity contribution in [3.05, 3.63) is 33.1 Å². The fourth-order valence-corrected chi connectivity index (χ4v) is 2.51. The fourth-order valence-electron chi connectivity index (χ4n) is 2.51. The molecule has 1 aromatic rings. The van der Waals surface area contributed by atoms with Gasteiger partial charge in [0.15, 0.2) is 5.72 Å². The molecule has 1 aliphatic heterocycles. The first-order valence-corrected chi connectivity index (χ1v) is 6.16. The molecular weight excluding hydrogens is 268 g/mol. The quantitative estimate of drug-likeness (QED) is 0.606. The van der Waals surface area contributed by atoms with Crippen LogP contribution >= 0.6 is 0 Å². The number of ether oxygens (including phenoxy) is 1. The van der Waals surface area contributed by atoms with Crippen LogP contribution in [-0.2, 0) is 15.3 Å². The van der Waals surface area contributed by atoms with Crippen LogP contribution in [0.4, 0.5) is 0 Å². The van der Waals surface area contributed by atoms with E-state index in [0.29, 0.717) is 0 Å². The van der Waals surface area contributed by atoms with E-state index in [9.17, 15) is 19.5 Å². The maximum atomic E-state index is 11.9. The Bertz CT molecular complexity index is 621. The number of carbonyl (C=O) groups excluding carboxylic acids is 1. The van der Waals surface area contributed by atoms with Crippen molar-refractivity contribution in [3.8, 4) is 0 Å². The molecule has 0 bridgehead atoms. The first-order valence-electron chi connectivity index (χ1n) is 6.16. The van der Waals surface area contributed by atoms with Crippen molar-refractivity contribution < 1.29 is 19.7 Å². The van der Waals surface area contributed by atoms with Crippen molar-refractivity contribution in [1.82, 2.24) is 9.55 Å². The second-order valence-electron chi connectivity index (χ2n) is 4.92. The number of aromatic amines is 1. The van der Waals surface area contributed by atoms with Crippen LogP contribution in [0.1, 0.15) is 19.8 Å². The van der Waals surface area contributed by atoms with Gasteiger partial charge in [-0.15, -0.1) is 0 Å². The third-order valence-electron chi connectivity index (χ3n) is 3.30. The highest BCUT2D eigenvalue weighted by Crippen LogP contribution is 2.37. The molecule has 2 rings (SSSR count). The highest BCUT2D eigenvalue weighted by Gasteiger charge is 2.48. The molecule has 0 radical (unpaired) electrons. The predicted molar refractivity (Wildman–Crippen MR) is 67.2 cm³/mol. The maximum Gasteiger partial charge on any atom is 0.330 e. The molecule has 20 heavy (non-hydrogen) atoms. The molecule has 1 aliphatic rings. The molecular formula is C12H16N2O6. The Kier molecular flexibility index (Phi) is 3.89. The molecule has 1 saturated heterocycles. The van der Waals surface area contributed by atoms with Gasteiger partial charge in [-0.2, -0.15) is 0 Å². The summed E-state index contributed by atoms with van der Waals surface area (Å²) in [5, 5.41) is 19.0. The van der Waals surface area contributed by atoms with E-state index in [-0.39, 0.29) is 18.6 Å². The van der Waals surface area contributed by atoms with Crippen molar-refractivity contribution >= 4 is 5.78 Å². The van der Waals surface area contributed by atoms with Crippen molar-refractivity contribution in [2.75, 3.05) is 6.61 Å². The number of aromatic nitrogens is 2. The molecule has 3 atom stereocenters. The van der Waals surface area contributed by atoms with Crippen LogP contribution in [0.3, 0.4) is 0 Å². The zero-order valence-electron chi connectivity index (χ0n) is 10.9. The van der Waals surface area contributed by atoms with E-state index in [1.165, 1.54) is 13.1 Å². The topological polar surface area (TPSA) is 122 Å². The highest BCUT2D eigenvalue weighted by molar-refractivity contribution is 5.76. The van der Waals surface area contributed by atoms with Crippen molar-refractivity contribution in [3.63, 3.8) is 0 Å². The van der Waals surface area contributed by atoms with Gasteiger partial charge in [0.25, 0.3) is 5.56 Å². The number of Topliss-reactive ketones (excluding diaryl/α,β-unsaturated/α-hetero) is 1. The average molecular weight is 284 g/mol. The van der Waals surface area contributed by atoms with Crippen LogP contribution in [-0.4, -0.2) is 44.4 Å². The molecule has 110 valence electrons. The lowest BCUT2D eigenvalue weighted by Gasteiger charge is -2.29. The van der Waals surface area contributed by atoms with Gasteiger partial charge in [0.2, 0.25) is 0 Å². The Morgan fingerprint density at radius 3 is 2.80 bits per heavy atom. The van der Waals surface area contributed by atoms with Crippen LogP contribution in [0.5, 0.6) is 0 Å². The number of ketones is 1. The molecule has 1 fully saturated rings. The second-order valence-corrected chi connectivity index (χ2v) is 4.92. The summed E-state index contributed by atoms with van der Waals surface area (Å²) < 4.78 is 6.63. The van der Waals surface area contributed by atoms with E-state index in [1.54, 1.807) is 0 Å². The molecule has 8 nitrogen and oxygen atoms in total. The molecule has 0 saturated carbocycles. The molecule has 0 aromatic carbocycles. The minimum absolute atomic E-state index is 0.0241. The average Bonchev–Trinajstić information content (AvgIpc) is 2.65. The zero-order chi connectivity index (χ0) is 14.9. The zero-order valence-corrected chi connectivity index (χ0v) is 10.9. The fraction of sp³-hybridized carbons (Fsp3) is 0.583. The van der Waals surface area contributed by atoms with Crippen molar-refractivity contribution in [1.29, 1.82) is 0 Å². The van der Waals surface area contributed by atoms with Gasteiger partial charge >= 0.3 is 5.69 Å². The van der Waals surface area contributed by atoms with Gasteiger partial charge in [-0.3, -0.25) is 19.1 Å². The summed E-state index contributed by atoms with van der Waals surface area (Å²) in [6.45, 7) is 0.902. The lowest BCUT2D eigenvalue weighted by atomic mass is 10.0.